The van der Waals surface area contributed by atoms with Crippen molar-refractivity contribution in [1.82, 2.24) is 0 Å². The van der Waals surface area contributed by atoms with Crippen molar-refractivity contribution in [2.45, 2.75) is 115 Å². The maximum absolute atomic E-state index is 11.7. The largest absolute Gasteiger partial charge is 0.479 e. The van der Waals surface area contributed by atoms with Gasteiger partial charge in [0.25, 0.3) is 0 Å². The van der Waals surface area contributed by atoms with Crippen molar-refractivity contribution in [1.29, 1.82) is 0 Å². The number of aliphatic hydroxyl groups excluding tert-OH is 2. The molecule has 1 saturated heterocycles. The number of rotatable bonds is 18. The first-order valence-corrected chi connectivity index (χ1v) is 11.6. The second kappa shape index (κ2) is 14.4. The minimum Gasteiger partial charge on any atom is -0.479 e. The van der Waals surface area contributed by atoms with Gasteiger partial charge in [-0.05, 0) is 18.8 Å². The minimum absolute atomic E-state index is 0.230. The molecule has 5 heteroatoms. The van der Waals surface area contributed by atoms with E-state index in [9.17, 15) is 15.0 Å². The van der Waals surface area contributed by atoms with Gasteiger partial charge in [-0.2, -0.15) is 0 Å². The highest BCUT2D eigenvalue weighted by Crippen LogP contribution is 2.40. The lowest BCUT2D eigenvalue weighted by Gasteiger charge is -2.44. The Morgan fingerprint density at radius 2 is 1.39 bits per heavy atom. The maximum Gasteiger partial charge on any atom is 0.336 e. The van der Waals surface area contributed by atoms with Gasteiger partial charge in [0.15, 0.2) is 5.60 Å². The molecule has 5 nitrogen and oxygen atoms in total. The number of carboxylic acid groups (broad SMARTS) is 1. The third kappa shape index (κ3) is 9.23. The molecule has 166 valence electrons. The summed E-state index contributed by atoms with van der Waals surface area (Å²) in [4.78, 5) is 11.7. The summed E-state index contributed by atoms with van der Waals surface area (Å²) in [5.41, 5.74) is -1.15. The average Bonchev–Trinajstić information content (AvgIpc) is 2.60. The molecule has 1 rings (SSSR count). The molecule has 0 spiro atoms. The van der Waals surface area contributed by atoms with Crippen LogP contribution in [0.25, 0.3) is 0 Å². The lowest BCUT2D eigenvalue weighted by Crippen LogP contribution is -2.57. The van der Waals surface area contributed by atoms with E-state index in [4.69, 9.17) is 9.84 Å². The Balaban J connectivity index is 2.12. The molecule has 0 radical (unpaired) electrons. The van der Waals surface area contributed by atoms with Crippen LogP contribution in [0, 0.1) is 11.8 Å². The van der Waals surface area contributed by atoms with Crippen molar-refractivity contribution in [3.8, 4) is 0 Å². The summed E-state index contributed by atoms with van der Waals surface area (Å²) in [5, 5.41) is 28.5. The van der Waals surface area contributed by atoms with E-state index < -0.39 is 17.7 Å². The van der Waals surface area contributed by atoms with Crippen molar-refractivity contribution >= 4 is 5.97 Å². The van der Waals surface area contributed by atoms with E-state index in [0.717, 1.165) is 25.2 Å². The number of ether oxygens (including phenoxy) is 1. The van der Waals surface area contributed by atoms with Gasteiger partial charge in [-0.1, -0.05) is 84.5 Å². The van der Waals surface area contributed by atoms with Gasteiger partial charge in [0.1, 0.15) is 0 Å². The van der Waals surface area contributed by atoms with Crippen LogP contribution in [-0.2, 0) is 9.53 Å². The van der Waals surface area contributed by atoms with E-state index in [1.54, 1.807) is 0 Å². The van der Waals surface area contributed by atoms with Crippen molar-refractivity contribution < 1.29 is 24.9 Å². The summed E-state index contributed by atoms with van der Waals surface area (Å²) in [6.07, 6.45) is 14.5. The molecule has 0 aliphatic carbocycles. The molecule has 1 fully saturated rings. The Morgan fingerprint density at radius 3 is 1.75 bits per heavy atom. The predicted molar refractivity (Wildman–Crippen MR) is 112 cm³/mol. The van der Waals surface area contributed by atoms with E-state index in [-0.39, 0.29) is 12.5 Å². The Kier molecular flexibility index (Phi) is 13.0. The minimum atomic E-state index is -1.15. The SMILES string of the molecule is CC(C)CCCCCCCCCCCCC(CC(O)CO)C1(C(=O)O)CCO1. The zero-order valence-corrected chi connectivity index (χ0v) is 18.2. The number of carbonyl (C=O) groups is 1. The van der Waals surface area contributed by atoms with Gasteiger partial charge in [-0.25, -0.2) is 4.79 Å². The molecule has 3 atom stereocenters. The van der Waals surface area contributed by atoms with Gasteiger partial charge in [0.05, 0.1) is 19.3 Å². The predicted octanol–water partition coefficient (Wildman–Crippen LogP) is 4.93. The zero-order valence-electron chi connectivity index (χ0n) is 18.2. The lowest BCUT2D eigenvalue weighted by molar-refractivity contribution is -0.214. The molecule has 0 bridgehead atoms. The molecular weight excluding hydrogens is 356 g/mol. The molecule has 1 aliphatic heterocycles. The van der Waals surface area contributed by atoms with Gasteiger partial charge < -0.3 is 20.1 Å². The highest BCUT2D eigenvalue weighted by atomic mass is 16.5. The monoisotopic (exact) mass is 400 g/mol. The first-order chi connectivity index (χ1) is 13.4. The van der Waals surface area contributed by atoms with Gasteiger partial charge >= 0.3 is 5.97 Å². The van der Waals surface area contributed by atoms with Crippen LogP contribution in [0.15, 0.2) is 0 Å². The Bertz CT molecular complexity index is 406. The lowest BCUT2D eigenvalue weighted by atomic mass is 9.75. The Morgan fingerprint density at radius 1 is 0.929 bits per heavy atom. The molecule has 3 unspecified atom stereocenters. The van der Waals surface area contributed by atoms with E-state index in [1.807, 2.05) is 0 Å². The number of hydrogen-bond donors (Lipinski definition) is 3. The molecule has 0 aromatic carbocycles. The van der Waals surface area contributed by atoms with Crippen LogP contribution in [0.5, 0.6) is 0 Å². The van der Waals surface area contributed by atoms with E-state index in [2.05, 4.69) is 13.8 Å². The first-order valence-electron chi connectivity index (χ1n) is 11.6. The summed E-state index contributed by atoms with van der Waals surface area (Å²) in [6.45, 7) is 4.72. The quantitative estimate of drug-likeness (QED) is 0.284. The van der Waals surface area contributed by atoms with Gasteiger partial charge in [0, 0.05) is 12.3 Å². The maximum atomic E-state index is 11.7. The van der Waals surface area contributed by atoms with Gasteiger partial charge in [-0.15, -0.1) is 0 Å². The molecular formula is C23H44O5. The number of hydrogen-bond acceptors (Lipinski definition) is 4. The fourth-order valence-corrected chi connectivity index (χ4v) is 4.29. The molecule has 3 N–H and O–H groups in total. The number of carboxylic acids is 1. The van der Waals surface area contributed by atoms with Crippen LogP contribution in [0.3, 0.4) is 0 Å². The number of unbranched alkanes of at least 4 members (excludes halogenated alkanes) is 9. The second-order valence-electron chi connectivity index (χ2n) is 9.07. The highest BCUT2D eigenvalue weighted by Gasteiger charge is 2.52. The number of aliphatic carboxylic acids is 1. The molecule has 0 saturated carbocycles. The summed E-state index contributed by atoms with van der Waals surface area (Å²) in [6, 6.07) is 0. The third-order valence-corrected chi connectivity index (χ3v) is 6.21. The van der Waals surface area contributed by atoms with Crippen LogP contribution in [0.2, 0.25) is 0 Å². The summed E-state index contributed by atoms with van der Waals surface area (Å²) in [7, 11) is 0. The van der Waals surface area contributed by atoms with Crippen LogP contribution >= 0.6 is 0 Å². The topological polar surface area (TPSA) is 87.0 Å². The molecule has 0 amide bonds. The van der Waals surface area contributed by atoms with Crippen molar-refractivity contribution in [2.24, 2.45) is 11.8 Å². The first kappa shape index (κ1) is 25.4. The van der Waals surface area contributed by atoms with Crippen LogP contribution in [0.4, 0.5) is 0 Å². The van der Waals surface area contributed by atoms with Gasteiger partial charge in [0.2, 0.25) is 0 Å². The Labute approximate surface area is 171 Å². The molecule has 0 aromatic rings. The zero-order chi connectivity index (χ0) is 20.8. The molecule has 1 heterocycles. The summed E-state index contributed by atoms with van der Waals surface area (Å²) >= 11 is 0. The van der Waals surface area contributed by atoms with Crippen molar-refractivity contribution in [2.75, 3.05) is 13.2 Å². The smallest absolute Gasteiger partial charge is 0.336 e. The van der Waals surface area contributed by atoms with Crippen LogP contribution in [0.1, 0.15) is 104 Å². The number of aliphatic hydroxyl groups is 2. The average molecular weight is 401 g/mol. The summed E-state index contributed by atoms with van der Waals surface area (Å²) in [5.74, 6) is -0.332. The van der Waals surface area contributed by atoms with Crippen LogP contribution < -0.4 is 0 Å². The third-order valence-electron chi connectivity index (χ3n) is 6.21. The van der Waals surface area contributed by atoms with E-state index in [1.165, 1.54) is 57.8 Å². The fourth-order valence-electron chi connectivity index (χ4n) is 4.29. The standard InChI is InChI=1S/C23H44O5/c1-19(2)13-11-9-7-5-3-4-6-8-10-12-14-20(17-21(25)18-24)23(22(26)27)15-16-28-23/h19-21,24-25H,3-18H2,1-2H3,(H,26,27). The van der Waals surface area contributed by atoms with Gasteiger partial charge in [-0.3, -0.25) is 0 Å². The molecule has 28 heavy (non-hydrogen) atoms. The Hall–Kier alpha value is -0.650. The highest BCUT2D eigenvalue weighted by molar-refractivity contribution is 5.78. The summed E-state index contributed by atoms with van der Waals surface area (Å²) < 4.78 is 5.46. The molecule has 0 aromatic heterocycles. The normalized spacial score (nSPS) is 21.5. The van der Waals surface area contributed by atoms with Crippen LogP contribution in [-0.4, -0.2) is 46.2 Å². The van der Waals surface area contributed by atoms with Crippen molar-refractivity contribution in [3.63, 3.8) is 0 Å². The van der Waals surface area contributed by atoms with E-state index in [0.29, 0.717) is 19.4 Å². The second-order valence-corrected chi connectivity index (χ2v) is 9.07. The van der Waals surface area contributed by atoms with E-state index >= 15 is 0 Å². The molecule has 1 aliphatic rings. The van der Waals surface area contributed by atoms with Crippen molar-refractivity contribution in [3.05, 3.63) is 0 Å². The fraction of sp³-hybridized carbons (Fsp3) is 0.957.